The first-order valence-corrected chi connectivity index (χ1v) is 4.61. The van der Waals surface area contributed by atoms with Crippen LogP contribution in [0.3, 0.4) is 0 Å². The van der Waals surface area contributed by atoms with Gasteiger partial charge >= 0.3 is 0 Å². The average molecular weight is 200 g/mol. The highest BCUT2D eigenvalue weighted by atomic mass is 14.2. The molecule has 0 unspecified atom stereocenters. The predicted molar refractivity (Wildman–Crippen MR) is 64.7 cm³/mol. The highest BCUT2D eigenvalue weighted by molar-refractivity contribution is 5.76. The Morgan fingerprint density at radius 2 is 1.00 bits per heavy atom. The molecule has 15 heavy (non-hydrogen) atoms. The van der Waals surface area contributed by atoms with E-state index in [2.05, 4.69) is 48.5 Å². The summed E-state index contributed by atoms with van der Waals surface area (Å²) < 4.78 is 0. The van der Waals surface area contributed by atoms with Gasteiger partial charge in [0.2, 0.25) is 0 Å². The van der Waals surface area contributed by atoms with Crippen molar-refractivity contribution in [2.24, 2.45) is 0 Å². The summed E-state index contributed by atoms with van der Waals surface area (Å²) in [6, 6.07) is 17.3. The van der Waals surface area contributed by atoms with E-state index in [4.69, 9.17) is 0 Å². The van der Waals surface area contributed by atoms with Gasteiger partial charge in [0, 0.05) is 0 Å². The molecule has 2 aromatic carbocycles. The molecule has 1 aliphatic carbocycles. The number of hydrogen-bond donors (Lipinski definition) is 2. The van der Waals surface area contributed by atoms with Crippen LogP contribution in [0.15, 0.2) is 48.5 Å². The van der Waals surface area contributed by atoms with Gasteiger partial charge in [-0.15, -0.1) is 0 Å². The first-order chi connectivity index (χ1) is 6.45. The van der Waals surface area contributed by atoms with Crippen LogP contribution in [0.1, 0.15) is 11.1 Å². The fraction of sp³-hybridized carbons (Fsp3) is 0.0769. The fourth-order valence-electron chi connectivity index (χ4n) is 2.08. The molecule has 6 N–H and O–H groups in total. The number of hydrogen-bond acceptors (Lipinski definition) is 2. The molecule has 1 aliphatic rings. The van der Waals surface area contributed by atoms with Crippen molar-refractivity contribution in [1.29, 1.82) is 0 Å². The summed E-state index contributed by atoms with van der Waals surface area (Å²) in [5.41, 5.74) is 5.75. The Kier molecular flexibility index (Phi) is 3.24. The van der Waals surface area contributed by atoms with E-state index < -0.39 is 0 Å². The van der Waals surface area contributed by atoms with Gasteiger partial charge in [-0.3, -0.25) is 0 Å². The predicted octanol–water partition coefficient (Wildman–Crippen LogP) is 3.58. The molecule has 0 aromatic heterocycles. The van der Waals surface area contributed by atoms with Crippen molar-refractivity contribution >= 4 is 0 Å². The van der Waals surface area contributed by atoms with Crippen LogP contribution in [0, 0.1) is 0 Å². The molecule has 78 valence electrons. The van der Waals surface area contributed by atoms with Gasteiger partial charge < -0.3 is 12.3 Å². The van der Waals surface area contributed by atoms with E-state index in [1.165, 1.54) is 22.3 Å². The van der Waals surface area contributed by atoms with E-state index in [0.29, 0.717) is 0 Å². The van der Waals surface area contributed by atoms with Crippen molar-refractivity contribution in [2.45, 2.75) is 6.42 Å². The lowest BCUT2D eigenvalue weighted by Crippen LogP contribution is -1.77. The van der Waals surface area contributed by atoms with Crippen molar-refractivity contribution in [3.63, 3.8) is 0 Å². The van der Waals surface area contributed by atoms with Gasteiger partial charge in [-0.2, -0.15) is 0 Å². The zero-order valence-electron chi connectivity index (χ0n) is 8.74. The van der Waals surface area contributed by atoms with E-state index in [0.717, 1.165) is 6.42 Å². The molecule has 0 amide bonds. The maximum absolute atomic E-state index is 2.22. The van der Waals surface area contributed by atoms with E-state index >= 15 is 0 Å². The summed E-state index contributed by atoms with van der Waals surface area (Å²) >= 11 is 0. The molecule has 3 rings (SSSR count). The van der Waals surface area contributed by atoms with Crippen LogP contribution in [0.2, 0.25) is 0 Å². The van der Waals surface area contributed by atoms with Gasteiger partial charge in [-0.1, -0.05) is 48.5 Å². The molecule has 0 atom stereocenters. The third-order valence-corrected chi connectivity index (χ3v) is 2.71. The second-order valence-electron chi connectivity index (χ2n) is 3.49. The minimum atomic E-state index is 0. The van der Waals surface area contributed by atoms with Crippen LogP contribution in [0.25, 0.3) is 11.1 Å². The summed E-state index contributed by atoms with van der Waals surface area (Å²) in [6.45, 7) is 0. The van der Waals surface area contributed by atoms with Crippen molar-refractivity contribution in [3.8, 4) is 11.1 Å². The Bertz CT molecular complexity index is 420. The van der Waals surface area contributed by atoms with Crippen molar-refractivity contribution in [1.82, 2.24) is 12.3 Å². The SMILES string of the molecule is N.N.c1ccc2c(c1)Cc1ccccc1-2. The van der Waals surface area contributed by atoms with Gasteiger partial charge in [0.15, 0.2) is 0 Å². The van der Waals surface area contributed by atoms with E-state index in [1.807, 2.05) is 0 Å². The molecule has 2 aromatic rings. The highest BCUT2D eigenvalue weighted by Crippen LogP contribution is 2.35. The zero-order valence-corrected chi connectivity index (χ0v) is 8.74. The fourth-order valence-corrected chi connectivity index (χ4v) is 2.08. The quantitative estimate of drug-likeness (QED) is 0.582. The van der Waals surface area contributed by atoms with Gasteiger partial charge in [-0.05, 0) is 28.7 Å². The second-order valence-corrected chi connectivity index (χ2v) is 3.49. The molecule has 0 aliphatic heterocycles. The minimum Gasteiger partial charge on any atom is -0.344 e. The topological polar surface area (TPSA) is 70.0 Å². The molecule has 0 saturated heterocycles. The lowest BCUT2D eigenvalue weighted by atomic mass is 10.1. The Labute approximate surface area is 90.1 Å². The molecular weight excluding hydrogens is 184 g/mol. The smallest absolute Gasteiger partial charge is 0.00135 e. The third kappa shape index (κ3) is 1.65. The maximum atomic E-state index is 2.22. The number of benzene rings is 2. The second kappa shape index (κ2) is 4.26. The molecule has 0 spiro atoms. The summed E-state index contributed by atoms with van der Waals surface area (Å²) in [6.07, 6.45) is 1.10. The summed E-state index contributed by atoms with van der Waals surface area (Å²) in [7, 11) is 0. The molecule has 0 heterocycles. The molecule has 0 bridgehead atoms. The van der Waals surface area contributed by atoms with Crippen molar-refractivity contribution < 1.29 is 0 Å². The van der Waals surface area contributed by atoms with Crippen LogP contribution < -0.4 is 12.3 Å². The van der Waals surface area contributed by atoms with Crippen LogP contribution in [0.5, 0.6) is 0 Å². The maximum Gasteiger partial charge on any atom is -0.00135 e. The van der Waals surface area contributed by atoms with E-state index in [1.54, 1.807) is 0 Å². The minimum absolute atomic E-state index is 0. The summed E-state index contributed by atoms with van der Waals surface area (Å²) in [5.74, 6) is 0. The largest absolute Gasteiger partial charge is 0.344 e. The molecule has 2 heteroatoms. The molecule has 0 fully saturated rings. The first kappa shape index (κ1) is 11.4. The first-order valence-electron chi connectivity index (χ1n) is 4.61. The van der Waals surface area contributed by atoms with E-state index in [9.17, 15) is 0 Å². The normalized spacial score (nSPS) is 10.7. The van der Waals surface area contributed by atoms with Crippen molar-refractivity contribution in [3.05, 3.63) is 59.7 Å². The van der Waals surface area contributed by atoms with Gasteiger partial charge in [0.05, 0.1) is 0 Å². The summed E-state index contributed by atoms with van der Waals surface area (Å²) in [5, 5.41) is 0. The zero-order chi connectivity index (χ0) is 8.67. The van der Waals surface area contributed by atoms with Gasteiger partial charge in [0.25, 0.3) is 0 Å². The standard InChI is InChI=1S/C13H10.2H3N/c1-3-7-12-10(5-1)9-11-6-2-4-8-13(11)12;;/h1-8H,9H2;2*1H3. The molecular formula is C13H16N2. The van der Waals surface area contributed by atoms with Crippen molar-refractivity contribution in [2.75, 3.05) is 0 Å². The summed E-state index contributed by atoms with van der Waals surface area (Å²) in [4.78, 5) is 0. The molecule has 0 saturated carbocycles. The lowest BCUT2D eigenvalue weighted by molar-refractivity contribution is 1.26. The van der Waals surface area contributed by atoms with Crippen LogP contribution in [-0.4, -0.2) is 0 Å². The van der Waals surface area contributed by atoms with Crippen LogP contribution in [-0.2, 0) is 6.42 Å². The lowest BCUT2D eigenvalue weighted by Gasteiger charge is -1.98. The Balaban J connectivity index is 0.000000562. The van der Waals surface area contributed by atoms with Crippen LogP contribution >= 0.6 is 0 Å². The molecule has 2 nitrogen and oxygen atoms in total. The highest BCUT2D eigenvalue weighted by Gasteiger charge is 2.15. The van der Waals surface area contributed by atoms with Gasteiger partial charge in [-0.25, -0.2) is 0 Å². The monoisotopic (exact) mass is 200 g/mol. The average Bonchev–Trinajstić information content (AvgIpc) is 2.56. The molecule has 0 radical (unpaired) electrons. The van der Waals surface area contributed by atoms with Gasteiger partial charge in [0.1, 0.15) is 0 Å². The Morgan fingerprint density at radius 1 is 0.600 bits per heavy atom. The Hall–Kier alpha value is -1.64. The Morgan fingerprint density at radius 3 is 1.47 bits per heavy atom. The number of fused-ring (bicyclic) bond motifs is 3. The van der Waals surface area contributed by atoms with Crippen LogP contribution in [0.4, 0.5) is 0 Å². The third-order valence-electron chi connectivity index (χ3n) is 2.71. The number of rotatable bonds is 0. The van der Waals surface area contributed by atoms with E-state index in [-0.39, 0.29) is 12.3 Å².